The van der Waals surface area contributed by atoms with Crippen molar-refractivity contribution in [3.8, 4) is 6.07 Å². The minimum atomic E-state index is -0.289. The Morgan fingerprint density at radius 1 is 1.09 bits per heavy atom. The Morgan fingerprint density at radius 3 is 2.55 bits per heavy atom. The maximum atomic E-state index is 13.0. The Bertz CT molecular complexity index is 1060. The van der Waals surface area contributed by atoms with Gasteiger partial charge in [-0.1, -0.05) is 37.3 Å². The summed E-state index contributed by atoms with van der Waals surface area (Å²) in [6.07, 6.45) is 7.29. The lowest BCUT2D eigenvalue weighted by atomic mass is 9.88. The monoisotopic (exact) mass is 442 g/mol. The molecule has 33 heavy (non-hydrogen) atoms. The molecule has 1 aliphatic heterocycles. The lowest BCUT2D eigenvalue weighted by Gasteiger charge is -2.35. The van der Waals surface area contributed by atoms with Gasteiger partial charge in [0.1, 0.15) is 11.6 Å². The van der Waals surface area contributed by atoms with E-state index in [0.717, 1.165) is 51.0 Å². The van der Waals surface area contributed by atoms with Gasteiger partial charge in [-0.2, -0.15) is 5.26 Å². The van der Waals surface area contributed by atoms with E-state index in [4.69, 9.17) is 0 Å². The zero-order chi connectivity index (χ0) is 23.2. The quantitative estimate of drug-likeness (QED) is 0.522. The highest BCUT2D eigenvalue weighted by Crippen LogP contribution is 2.26. The molecule has 4 rings (SSSR count). The topological polar surface area (TPSA) is 59.4 Å². The van der Waals surface area contributed by atoms with Crippen LogP contribution >= 0.6 is 0 Å². The lowest BCUT2D eigenvalue weighted by Crippen LogP contribution is -2.44. The third-order valence-corrected chi connectivity index (χ3v) is 6.85. The van der Waals surface area contributed by atoms with Crippen LogP contribution in [-0.4, -0.2) is 37.0 Å². The summed E-state index contributed by atoms with van der Waals surface area (Å²) in [5, 5.41) is 12.8. The molecule has 1 fully saturated rings. The van der Waals surface area contributed by atoms with Gasteiger partial charge in [0.2, 0.25) is 0 Å². The van der Waals surface area contributed by atoms with Crippen LogP contribution in [0.5, 0.6) is 0 Å². The first-order chi connectivity index (χ1) is 16.1. The van der Waals surface area contributed by atoms with Crippen molar-refractivity contribution in [2.45, 2.75) is 52.0 Å². The average Bonchev–Trinajstić information content (AvgIpc) is 2.85. The molecular weight excluding hydrogens is 408 g/mol. The van der Waals surface area contributed by atoms with E-state index in [1.807, 2.05) is 0 Å². The SMILES string of the molecule is CCC(NC(=O)/C(C#N)=C\N1CCN(c2cccc(C)c2)CC1)c1ccc2c(c1)CCCC2. The van der Waals surface area contributed by atoms with Crippen LogP contribution in [0, 0.1) is 18.3 Å². The number of nitrogens with zero attached hydrogens (tertiary/aromatic N) is 3. The maximum absolute atomic E-state index is 13.0. The zero-order valence-corrected chi connectivity index (χ0v) is 19.8. The molecule has 1 aliphatic carbocycles. The molecule has 2 aromatic carbocycles. The number of amides is 1. The second-order valence-electron chi connectivity index (χ2n) is 9.19. The third-order valence-electron chi connectivity index (χ3n) is 6.85. The van der Waals surface area contributed by atoms with Crippen molar-refractivity contribution in [2.24, 2.45) is 0 Å². The minimum Gasteiger partial charge on any atom is -0.373 e. The van der Waals surface area contributed by atoms with Crippen LogP contribution in [0.15, 0.2) is 54.2 Å². The van der Waals surface area contributed by atoms with Crippen molar-refractivity contribution >= 4 is 11.6 Å². The number of aryl methyl sites for hydroxylation is 3. The van der Waals surface area contributed by atoms with Gasteiger partial charge in [0.05, 0.1) is 6.04 Å². The summed E-state index contributed by atoms with van der Waals surface area (Å²) in [4.78, 5) is 17.4. The van der Waals surface area contributed by atoms with E-state index in [-0.39, 0.29) is 17.5 Å². The predicted octanol–water partition coefficient (Wildman–Crippen LogP) is 4.67. The van der Waals surface area contributed by atoms with E-state index in [1.165, 1.54) is 35.2 Å². The Kier molecular flexibility index (Phi) is 7.34. The third kappa shape index (κ3) is 5.57. The van der Waals surface area contributed by atoms with Crippen LogP contribution in [0.3, 0.4) is 0 Å². The standard InChI is InChI=1S/C28H34N4O/c1-3-27(24-12-11-22-8-4-5-9-23(22)18-24)30-28(33)25(19-29)20-31-13-15-32(16-14-31)26-10-6-7-21(2)17-26/h6-7,10-12,17-18,20,27H,3-5,8-9,13-16H2,1-2H3,(H,30,33)/b25-20-. The van der Waals surface area contributed by atoms with Gasteiger partial charge in [-0.05, 0) is 73.4 Å². The van der Waals surface area contributed by atoms with Crippen LogP contribution in [0.2, 0.25) is 0 Å². The van der Waals surface area contributed by atoms with E-state index < -0.39 is 0 Å². The Morgan fingerprint density at radius 2 is 1.85 bits per heavy atom. The first-order valence-electron chi connectivity index (χ1n) is 12.2. The number of piperazine rings is 1. The van der Waals surface area contributed by atoms with Crippen molar-refractivity contribution in [2.75, 3.05) is 31.1 Å². The molecule has 1 heterocycles. The van der Waals surface area contributed by atoms with Gasteiger partial charge in [0.25, 0.3) is 5.91 Å². The molecule has 0 radical (unpaired) electrons. The number of carbonyl (C=O) groups is 1. The zero-order valence-electron chi connectivity index (χ0n) is 19.8. The molecule has 1 saturated heterocycles. The van der Waals surface area contributed by atoms with Crippen molar-refractivity contribution in [1.29, 1.82) is 5.26 Å². The Balaban J connectivity index is 1.39. The van der Waals surface area contributed by atoms with E-state index in [1.54, 1.807) is 6.20 Å². The fourth-order valence-corrected chi connectivity index (χ4v) is 4.88. The minimum absolute atomic E-state index is 0.0837. The number of nitrogens with one attached hydrogen (secondary N) is 1. The molecule has 0 aromatic heterocycles. The summed E-state index contributed by atoms with van der Waals surface area (Å²) in [6, 6.07) is 17.2. The fourth-order valence-electron chi connectivity index (χ4n) is 4.88. The van der Waals surface area contributed by atoms with E-state index >= 15 is 0 Å². The first kappa shape index (κ1) is 22.9. The summed E-state index contributed by atoms with van der Waals surface area (Å²) in [6.45, 7) is 7.49. The summed E-state index contributed by atoms with van der Waals surface area (Å²) in [5.74, 6) is -0.289. The summed E-state index contributed by atoms with van der Waals surface area (Å²) in [7, 11) is 0. The molecular formula is C28H34N4O. The number of anilines is 1. The molecule has 5 heteroatoms. The maximum Gasteiger partial charge on any atom is 0.263 e. The highest BCUT2D eigenvalue weighted by atomic mass is 16.1. The number of benzene rings is 2. The molecule has 1 amide bonds. The first-order valence-corrected chi connectivity index (χ1v) is 12.2. The Labute approximate surface area is 197 Å². The molecule has 1 unspecified atom stereocenters. The molecule has 2 aromatic rings. The second-order valence-corrected chi connectivity index (χ2v) is 9.19. The highest BCUT2D eigenvalue weighted by Gasteiger charge is 2.21. The van der Waals surface area contributed by atoms with Gasteiger partial charge in [0.15, 0.2) is 0 Å². The summed E-state index contributed by atoms with van der Waals surface area (Å²) >= 11 is 0. The number of rotatable bonds is 6. The van der Waals surface area contributed by atoms with Gasteiger partial charge in [-0.3, -0.25) is 4.79 Å². The fraction of sp³-hybridized carbons (Fsp3) is 0.429. The van der Waals surface area contributed by atoms with E-state index in [0.29, 0.717) is 0 Å². The van der Waals surface area contributed by atoms with Gasteiger partial charge >= 0.3 is 0 Å². The molecule has 0 spiro atoms. The van der Waals surface area contributed by atoms with Gasteiger partial charge in [0, 0.05) is 38.1 Å². The molecule has 1 atom stereocenters. The van der Waals surface area contributed by atoms with Gasteiger partial charge in [-0.25, -0.2) is 0 Å². The molecule has 5 nitrogen and oxygen atoms in total. The molecule has 172 valence electrons. The normalized spacial score (nSPS) is 17.2. The number of hydrogen-bond acceptors (Lipinski definition) is 4. The highest BCUT2D eigenvalue weighted by molar-refractivity contribution is 5.97. The van der Waals surface area contributed by atoms with E-state index in [9.17, 15) is 10.1 Å². The van der Waals surface area contributed by atoms with Gasteiger partial charge < -0.3 is 15.1 Å². The van der Waals surface area contributed by atoms with Crippen molar-refractivity contribution in [1.82, 2.24) is 10.2 Å². The van der Waals surface area contributed by atoms with Crippen LogP contribution in [-0.2, 0) is 17.6 Å². The van der Waals surface area contributed by atoms with Crippen LogP contribution in [0.1, 0.15) is 54.5 Å². The van der Waals surface area contributed by atoms with Crippen molar-refractivity contribution < 1.29 is 4.79 Å². The number of hydrogen-bond donors (Lipinski definition) is 1. The molecule has 1 N–H and O–H groups in total. The van der Waals surface area contributed by atoms with Crippen LogP contribution in [0.4, 0.5) is 5.69 Å². The second kappa shape index (κ2) is 10.6. The van der Waals surface area contributed by atoms with Crippen molar-refractivity contribution in [3.05, 3.63) is 76.5 Å². The van der Waals surface area contributed by atoms with E-state index in [2.05, 4.69) is 77.5 Å². The molecule has 2 aliphatic rings. The average molecular weight is 443 g/mol. The molecule has 0 bridgehead atoms. The predicted molar refractivity (Wildman–Crippen MR) is 133 cm³/mol. The number of fused-ring (bicyclic) bond motifs is 1. The molecule has 0 saturated carbocycles. The van der Waals surface area contributed by atoms with Crippen molar-refractivity contribution in [3.63, 3.8) is 0 Å². The van der Waals surface area contributed by atoms with Gasteiger partial charge in [-0.15, -0.1) is 0 Å². The Hall–Kier alpha value is -3.26. The van der Waals surface area contributed by atoms with Crippen LogP contribution in [0.25, 0.3) is 0 Å². The largest absolute Gasteiger partial charge is 0.373 e. The van der Waals surface area contributed by atoms with Crippen LogP contribution < -0.4 is 10.2 Å². The summed E-state index contributed by atoms with van der Waals surface area (Å²) in [5.41, 5.74) is 6.64. The lowest BCUT2D eigenvalue weighted by molar-refractivity contribution is -0.117. The number of carbonyl (C=O) groups excluding carboxylic acids is 1. The smallest absolute Gasteiger partial charge is 0.263 e. The summed E-state index contributed by atoms with van der Waals surface area (Å²) < 4.78 is 0. The number of nitriles is 1.